The summed E-state index contributed by atoms with van der Waals surface area (Å²) < 4.78 is 7.28. The molecule has 0 aliphatic heterocycles. The summed E-state index contributed by atoms with van der Waals surface area (Å²) in [5, 5.41) is 8.58. The van der Waals surface area contributed by atoms with E-state index in [0.29, 0.717) is 11.9 Å². The number of nitrogens with two attached hydrogens (primary N) is 1. The van der Waals surface area contributed by atoms with E-state index in [9.17, 15) is 0 Å². The van der Waals surface area contributed by atoms with Crippen LogP contribution in [0.25, 0.3) is 0 Å². The molecule has 0 amide bonds. The third-order valence-electron chi connectivity index (χ3n) is 2.17. The molecule has 6 heteroatoms. The molecule has 0 spiro atoms. The van der Waals surface area contributed by atoms with Crippen molar-refractivity contribution in [2.24, 2.45) is 13.0 Å². The van der Waals surface area contributed by atoms with Crippen LogP contribution >= 0.6 is 11.8 Å². The molecule has 0 saturated heterocycles. The summed E-state index contributed by atoms with van der Waals surface area (Å²) in [6, 6.07) is 0. The van der Waals surface area contributed by atoms with Crippen LogP contribution in [0.15, 0.2) is 5.16 Å². The van der Waals surface area contributed by atoms with Crippen LogP contribution in [-0.4, -0.2) is 33.7 Å². The lowest BCUT2D eigenvalue weighted by Crippen LogP contribution is -2.03. The quantitative estimate of drug-likeness (QED) is 0.582. The molecule has 0 bridgehead atoms. The summed E-state index contributed by atoms with van der Waals surface area (Å²) in [6.07, 6.45) is 1.11. The van der Waals surface area contributed by atoms with Crippen LogP contribution in [0.5, 0.6) is 0 Å². The van der Waals surface area contributed by atoms with E-state index in [4.69, 9.17) is 10.5 Å². The van der Waals surface area contributed by atoms with Gasteiger partial charge in [-0.1, -0.05) is 25.6 Å². The van der Waals surface area contributed by atoms with E-state index in [0.717, 1.165) is 30.5 Å². The fraction of sp³-hybridized carbons (Fsp3) is 0.800. The van der Waals surface area contributed by atoms with E-state index < -0.39 is 0 Å². The maximum absolute atomic E-state index is 5.57. The zero-order valence-corrected chi connectivity index (χ0v) is 11.0. The molecule has 1 aromatic rings. The number of anilines is 1. The Labute approximate surface area is 101 Å². The molecule has 0 fully saturated rings. The second-order valence-electron chi connectivity index (χ2n) is 4.04. The normalized spacial score (nSPS) is 11.2. The van der Waals surface area contributed by atoms with Gasteiger partial charge in [-0.15, -0.1) is 10.2 Å². The molecule has 1 rings (SSSR count). The Hall–Kier alpha value is -0.750. The van der Waals surface area contributed by atoms with E-state index in [1.54, 1.807) is 16.3 Å². The Kier molecular flexibility index (Phi) is 5.62. The van der Waals surface area contributed by atoms with Crippen molar-refractivity contribution in [3.8, 4) is 0 Å². The van der Waals surface area contributed by atoms with E-state index in [1.807, 2.05) is 7.05 Å². The van der Waals surface area contributed by atoms with Crippen molar-refractivity contribution in [3.05, 3.63) is 0 Å². The predicted molar refractivity (Wildman–Crippen MR) is 66.4 cm³/mol. The van der Waals surface area contributed by atoms with Crippen LogP contribution in [0, 0.1) is 5.92 Å². The summed E-state index contributed by atoms with van der Waals surface area (Å²) in [6.45, 7) is 5.96. The van der Waals surface area contributed by atoms with Crippen molar-refractivity contribution in [3.63, 3.8) is 0 Å². The third-order valence-corrected chi connectivity index (χ3v) is 3.15. The van der Waals surface area contributed by atoms with Gasteiger partial charge in [0.25, 0.3) is 0 Å². The lowest BCUT2D eigenvalue weighted by Gasteiger charge is -2.05. The lowest BCUT2D eigenvalue weighted by atomic mass is 10.1. The molecule has 0 saturated carbocycles. The summed E-state index contributed by atoms with van der Waals surface area (Å²) in [5.74, 6) is 2.03. The lowest BCUT2D eigenvalue weighted by molar-refractivity contribution is 0.138. The van der Waals surface area contributed by atoms with Gasteiger partial charge in [0.1, 0.15) is 0 Å². The minimum Gasteiger partial charge on any atom is -0.381 e. The fourth-order valence-electron chi connectivity index (χ4n) is 1.06. The van der Waals surface area contributed by atoms with Crippen molar-refractivity contribution in [2.45, 2.75) is 25.4 Å². The van der Waals surface area contributed by atoms with Crippen LogP contribution in [0.4, 0.5) is 5.95 Å². The van der Waals surface area contributed by atoms with Crippen molar-refractivity contribution < 1.29 is 4.74 Å². The van der Waals surface area contributed by atoms with E-state index in [-0.39, 0.29) is 0 Å². The number of hydrogen-bond acceptors (Lipinski definition) is 5. The van der Waals surface area contributed by atoms with Gasteiger partial charge in [0.2, 0.25) is 5.95 Å². The Bertz CT molecular complexity index is 314. The second kappa shape index (κ2) is 6.75. The Morgan fingerprint density at radius 2 is 2.12 bits per heavy atom. The van der Waals surface area contributed by atoms with Gasteiger partial charge in [0.15, 0.2) is 5.16 Å². The van der Waals surface area contributed by atoms with Crippen LogP contribution < -0.4 is 5.73 Å². The summed E-state index contributed by atoms with van der Waals surface area (Å²) in [5.41, 5.74) is 5.57. The van der Waals surface area contributed by atoms with Crippen LogP contribution in [0.3, 0.4) is 0 Å². The third kappa shape index (κ3) is 4.40. The van der Waals surface area contributed by atoms with Gasteiger partial charge in [-0.05, 0) is 12.3 Å². The Morgan fingerprint density at radius 1 is 1.38 bits per heavy atom. The molecule has 0 aliphatic rings. The van der Waals surface area contributed by atoms with E-state index in [2.05, 4.69) is 24.0 Å². The fourth-order valence-corrected chi connectivity index (χ4v) is 1.83. The largest absolute Gasteiger partial charge is 0.381 e. The average molecular weight is 244 g/mol. The number of rotatable bonds is 7. The molecule has 0 radical (unpaired) electrons. The molecule has 1 heterocycles. The maximum Gasteiger partial charge on any atom is 0.222 e. The van der Waals surface area contributed by atoms with Crippen LogP contribution in [0.2, 0.25) is 0 Å². The first-order valence-corrected chi connectivity index (χ1v) is 6.45. The predicted octanol–water partition coefficient (Wildman–Crippen LogP) is 1.55. The van der Waals surface area contributed by atoms with Gasteiger partial charge >= 0.3 is 0 Å². The first-order valence-electron chi connectivity index (χ1n) is 5.46. The molecule has 5 nitrogen and oxygen atoms in total. The highest BCUT2D eigenvalue weighted by Gasteiger charge is 2.05. The van der Waals surface area contributed by atoms with Gasteiger partial charge in [0.05, 0.1) is 6.61 Å². The van der Waals surface area contributed by atoms with Crippen LogP contribution in [0.1, 0.15) is 20.3 Å². The van der Waals surface area contributed by atoms with Crippen molar-refractivity contribution >= 4 is 17.7 Å². The second-order valence-corrected chi connectivity index (χ2v) is 5.11. The van der Waals surface area contributed by atoms with Crippen LogP contribution in [-0.2, 0) is 11.8 Å². The number of thioether (sulfide) groups is 1. The van der Waals surface area contributed by atoms with Gasteiger partial charge in [-0.2, -0.15) is 0 Å². The van der Waals surface area contributed by atoms with Crippen molar-refractivity contribution in [1.82, 2.24) is 14.8 Å². The highest BCUT2D eigenvalue weighted by atomic mass is 32.2. The Morgan fingerprint density at radius 3 is 2.69 bits per heavy atom. The van der Waals surface area contributed by atoms with Gasteiger partial charge in [-0.3, -0.25) is 4.57 Å². The molecule has 0 atom stereocenters. The van der Waals surface area contributed by atoms with Gasteiger partial charge < -0.3 is 10.5 Å². The smallest absolute Gasteiger partial charge is 0.222 e. The zero-order chi connectivity index (χ0) is 12.0. The van der Waals surface area contributed by atoms with Crippen molar-refractivity contribution in [1.29, 1.82) is 0 Å². The molecule has 2 N–H and O–H groups in total. The molecule has 16 heavy (non-hydrogen) atoms. The minimum atomic E-state index is 0.447. The molecular weight excluding hydrogens is 224 g/mol. The number of aromatic nitrogens is 3. The molecule has 92 valence electrons. The molecule has 0 unspecified atom stereocenters. The Balaban J connectivity index is 2.10. The summed E-state index contributed by atoms with van der Waals surface area (Å²) >= 11 is 1.61. The van der Waals surface area contributed by atoms with E-state index in [1.165, 1.54) is 0 Å². The standard InChI is InChI=1S/C10H20N4OS/c1-8(2)4-5-15-6-7-16-10-13-12-9(11)14(10)3/h8H,4-7H2,1-3H3,(H2,11,12). The number of nitrogen functional groups attached to an aromatic ring is 1. The highest BCUT2D eigenvalue weighted by Crippen LogP contribution is 2.15. The molecule has 0 aliphatic carbocycles. The molecule has 0 aromatic carbocycles. The molecule has 1 aromatic heterocycles. The van der Waals surface area contributed by atoms with Crippen molar-refractivity contribution in [2.75, 3.05) is 24.7 Å². The number of hydrogen-bond donors (Lipinski definition) is 1. The SMILES string of the molecule is CC(C)CCOCCSc1nnc(N)n1C. The molecular formula is C10H20N4OS. The zero-order valence-electron chi connectivity index (χ0n) is 10.1. The first kappa shape index (κ1) is 13.3. The topological polar surface area (TPSA) is 66.0 Å². The monoisotopic (exact) mass is 244 g/mol. The first-order chi connectivity index (χ1) is 7.61. The maximum atomic E-state index is 5.57. The van der Waals surface area contributed by atoms with Gasteiger partial charge in [0, 0.05) is 19.4 Å². The number of ether oxygens (including phenoxy) is 1. The number of nitrogens with zero attached hydrogens (tertiary/aromatic N) is 3. The summed E-state index contributed by atoms with van der Waals surface area (Å²) in [4.78, 5) is 0. The van der Waals surface area contributed by atoms with E-state index >= 15 is 0 Å². The highest BCUT2D eigenvalue weighted by molar-refractivity contribution is 7.99. The average Bonchev–Trinajstić information content (AvgIpc) is 2.54. The van der Waals surface area contributed by atoms with Gasteiger partial charge in [-0.25, -0.2) is 0 Å². The summed E-state index contributed by atoms with van der Waals surface area (Å²) in [7, 11) is 1.86. The minimum absolute atomic E-state index is 0.447.